The molecule has 0 aromatic carbocycles. The van der Waals surface area contributed by atoms with E-state index >= 15 is 0 Å². The Balaban J connectivity index is 2.21. The summed E-state index contributed by atoms with van der Waals surface area (Å²) >= 11 is 10.6. The molecule has 0 aliphatic carbocycles. The molecule has 0 atom stereocenters. The van der Waals surface area contributed by atoms with Crippen molar-refractivity contribution in [1.29, 1.82) is 0 Å². The number of amides is 1. The van der Waals surface area contributed by atoms with Gasteiger partial charge < -0.3 is 5.32 Å². The number of carbonyl (C=O) groups is 1. The Bertz CT molecular complexity index is 593. The highest BCUT2D eigenvalue weighted by molar-refractivity contribution is 9.11. The van der Waals surface area contributed by atoms with E-state index in [1.807, 2.05) is 13.0 Å². The summed E-state index contributed by atoms with van der Waals surface area (Å²) < 4.78 is 0.971. The number of pyridine rings is 1. The standard InChI is InChI=1S/C12H10BrClN2OS/c1-6-5-9(18-11(6)13)12(17)16-8-3-4-10(14)15-7(8)2/h3-5H,1-2H3,(H,16,17). The summed E-state index contributed by atoms with van der Waals surface area (Å²) in [6.45, 7) is 3.75. The van der Waals surface area contributed by atoms with Crippen LogP contribution in [-0.2, 0) is 0 Å². The monoisotopic (exact) mass is 344 g/mol. The van der Waals surface area contributed by atoms with Crippen LogP contribution in [0, 0.1) is 13.8 Å². The maximum Gasteiger partial charge on any atom is 0.265 e. The van der Waals surface area contributed by atoms with Crippen molar-refractivity contribution in [2.45, 2.75) is 13.8 Å². The van der Waals surface area contributed by atoms with Gasteiger partial charge in [0.1, 0.15) is 5.15 Å². The fourth-order valence-corrected chi connectivity index (χ4v) is 3.04. The van der Waals surface area contributed by atoms with Crippen LogP contribution in [0.25, 0.3) is 0 Å². The van der Waals surface area contributed by atoms with Crippen LogP contribution >= 0.6 is 38.9 Å². The number of aryl methyl sites for hydroxylation is 2. The molecule has 0 aliphatic rings. The van der Waals surface area contributed by atoms with Crippen LogP contribution in [0.4, 0.5) is 5.69 Å². The number of thiophene rings is 1. The van der Waals surface area contributed by atoms with E-state index < -0.39 is 0 Å². The Labute approximate surface area is 122 Å². The quantitative estimate of drug-likeness (QED) is 0.818. The minimum atomic E-state index is -0.138. The summed E-state index contributed by atoms with van der Waals surface area (Å²) in [6.07, 6.45) is 0. The Hall–Kier alpha value is -0.910. The predicted octanol–water partition coefficient (Wildman–Crippen LogP) is 4.43. The maximum atomic E-state index is 12.0. The summed E-state index contributed by atoms with van der Waals surface area (Å²) in [6, 6.07) is 5.25. The second-order valence-corrected chi connectivity index (χ2v) is 6.55. The lowest BCUT2D eigenvalue weighted by Gasteiger charge is -2.06. The predicted molar refractivity (Wildman–Crippen MR) is 78.7 cm³/mol. The summed E-state index contributed by atoms with van der Waals surface area (Å²) in [5.41, 5.74) is 2.42. The molecule has 1 N–H and O–H groups in total. The van der Waals surface area contributed by atoms with Gasteiger partial charge in [0.15, 0.2) is 0 Å². The molecule has 94 valence electrons. The van der Waals surface area contributed by atoms with Crippen LogP contribution in [0.2, 0.25) is 5.15 Å². The van der Waals surface area contributed by atoms with Gasteiger partial charge in [-0.05, 0) is 53.5 Å². The number of anilines is 1. The number of hydrogen-bond acceptors (Lipinski definition) is 3. The zero-order valence-corrected chi connectivity index (χ0v) is 12.9. The molecule has 2 rings (SSSR count). The number of carbonyl (C=O) groups excluding carboxylic acids is 1. The molecule has 0 aliphatic heterocycles. The number of rotatable bonds is 2. The highest BCUT2D eigenvalue weighted by Crippen LogP contribution is 2.28. The second-order valence-electron chi connectivity index (χ2n) is 3.79. The highest BCUT2D eigenvalue weighted by Gasteiger charge is 2.12. The molecule has 0 saturated carbocycles. The van der Waals surface area contributed by atoms with Gasteiger partial charge in [0, 0.05) is 0 Å². The molecule has 0 radical (unpaired) electrons. The summed E-state index contributed by atoms with van der Waals surface area (Å²) in [7, 11) is 0. The van der Waals surface area contributed by atoms with Gasteiger partial charge in [0.05, 0.1) is 20.0 Å². The molecule has 18 heavy (non-hydrogen) atoms. The number of aromatic nitrogens is 1. The molecule has 2 aromatic heterocycles. The average Bonchev–Trinajstić information content (AvgIpc) is 2.63. The third kappa shape index (κ3) is 2.91. The Kier molecular flexibility index (Phi) is 4.04. The van der Waals surface area contributed by atoms with Crippen LogP contribution in [0.5, 0.6) is 0 Å². The second kappa shape index (κ2) is 5.38. The molecule has 1 amide bonds. The van der Waals surface area contributed by atoms with E-state index in [9.17, 15) is 4.79 Å². The van der Waals surface area contributed by atoms with E-state index in [4.69, 9.17) is 11.6 Å². The van der Waals surface area contributed by atoms with Gasteiger partial charge >= 0.3 is 0 Å². The Morgan fingerprint density at radius 1 is 1.44 bits per heavy atom. The van der Waals surface area contributed by atoms with Gasteiger partial charge in [-0.15, -0.1) is 11.3 Å². The van der Waals surface area contributed by atoms with E-state index in [1.54, 1.807) is 19.1 Å². The lowest BCUT2D eigenvalue weighted by Crippen LogP contribution is -2.11. The molecule has 0 unspecified atom stereocenters. The van der Waals surface area contributed by atoms with Crippen molar-refractivity contribution < 1.29 is 4.79 Å². The maximum absolute atomic E-state index is 12.0. The fraction of sp³-hybridized carbons (Fsp3) is 0.167. The zero-order valence-electron chi connectivity index (χ0n) is 9.75. The zero-order chi connectivity index (χ0) is 13.3. The molecule has 0 saturated heterocycles. The molecular weight excluding hydrogens is 336 g/mol. The van der Waals surface area contributed by atoms with Gasteiger partial charge in [-0.3, -0.25) is 4.79 Å². The molecule has 0 fully saturated rings. The van der Waals surface area contributed by atoms with Crippen molar-refractivity contribution >= 4 is 50.5 Å². The number of nitrogens with zero attached hydrogens (tertiary/aromatic N) is 1. The molecule has 0 bridgehead atoms. The molecule has 2 heterocycles. The number of nitrogens with one attached hydrogen (secondary N) is 1. The third-order valence-corrected chi connectivity index (χ3v) is 4.73. The first-order chi connectivity index (χ1) is 8.47. The smallest absolute Gasteiger partial charge is 0.265 e. The van der Waals surface area contributed by atoms with Gasteiger partial charge in [-0.1, -0.05) is 11.6 Å². The fourth-order valence-electron chi connectivity index (χ4n) is 1.42. The lowest BCUT2D eigenvalue weighted by molar-refractivity contribution is 0.103. The van der Waals surface area contributed by atoms with E-state index in [0.717, 1.165) is 9.35 Å². The van der Waals surface area contributed by atoms with Crippen molar-refractivity contribution in [3.05, 3.63) is 43.3 Å². The van der Waals surface area contributed by atoms with E-state index in [0.29, 0.717) is 21.4 Å². The minimum Gasteiger partial charge on any atom is -0.320 e. The van der Waals surface area contributed by atoms with Crippen LogP contribution in [0.1, 0.15) is 20.9 Å². The van der Waals surface area contributed by atoms with Gasteiger partial charge in [-0.2, -0.15) is 0 Å². The first-order valence-corrected chi connectivity index (χ1v) is 7.16. The first kappa shape index (κ1) is 13.5. The third-order valence-electron chi connectivity index (χ3n) is 2.38. The molecule has 6 heteroatoms. The van der Waals surface area contributed by atoms with Gasteiger partial charge in [0.25, 0.3) is 5.91 Å². The summed E-state index contributed by atoms with van der Waals surface area (Å²) in [5, 5.41) is 3.24. The van der Waals surface area contributed by atoms with Crippen molar-refractivity contribution in [3.8, 4) is 0 Å². The molecule has 2 aromatic rings. The molecule has 3 nitrogen and oxygen atoms in total. The van der Waals surface area contributed by atoms with Crippen molar-refractivity contribution in [1.82, 2.24) is 4.98 Å². The highest BCUT2D eigenvalue weighted by atomic mass is 79.9. The van der Waals surface area contributed by atoms with E-state index in [2.05, 4.69) is 26.2 Å². The molecule has 0 spiro atoms. The minimum absolute atomic E-state index is 0.138. The van der Waals surface area contributed by atoms with Crippen LogP contribution in [0.3, 0.4) is 0 Å². The number of hydrogen-bond donors (Lipinski definition) is 1. The SMILES string of the molecule is Cc1cc(C(=O)Nc2ccc(Cl)nc2C)sc1Br. The van der Waals surface area contributed by atoms with Gasteiger partial charge in [0.2, 0.25) is 0 Å². The topological polar surface area (TPSA) is 42.0 Å². The summed E-state index contributed by atoms with van der Waals surface area (Å²) in [5.74, 6) is -0.138. The Morgan fingerprint density at radius 2 is 2.17 bits per heavy atom. The normalized spacial score (nSPS) is 10.4. The van der Waals surface area contributed by atoms with E-state index in [1.165, 1.54) is 11.3 Å². The largest absolute Gasteiger partial charge is 0.320 e. The van der Waals surface area contributed by atoms with Crippen LogP contribution in [-0.4, -0.2) is 10.9 Å². The van der Waals surface area contributed by atoms with E-state index in [-0.39, 0.29) is 5.91 Å². The van der Waals surface area contributed by atoms with Crippen molar-refractivity contribution in [2.24, 2.45) is 0 Å². The lowest BCUT2D eigenvalue weighted by atomic mass is 10.3. The van der Waals surface area contributed by atoms with Crippen LogP contribution < -0.4 is 5.32 Å². The van der Waals surface area contributed by atoms with Crippen LogP contribution in [0.15, 0.2) is 22.0 Å². The summed E-state index contributed by atoms with van der Waals surface area (Å²) in [4.78, 5) is 16.8. The van der Waals surface area contributed by atoms with Gasteiger partial charge in [-0.25, -0.2) is 4.98 Å². The van der Waals surface area contributed by atoms with Crippen molar-refractivity contribution in [3.63, 3.8) is 0 Å². The first-order valence-electron chi connectivity index (χ1n) is 5.18. The molecular formula is C12H10BrClN2OS. The number of halogens is 2. The Morgan fingerprint density at radius 3 is 2.72 bits per heavy atom. The average molecular weight is 346 g/mol. The van der Waals surface area contributed by atoms with Crippen molar-refractivity contribution in [2.75, 3.05) is 5.32 Å².